The lowest BCUT2D eigenvalue weighted by atomic mass is 10.00. The van der Waals surface area contributed by atoms with E-state index in [2.05, 4.69) is 9.72 Å². The topological polar surface area (TPSA) is 135 Å². The van der Waals surface area contributed by atoms with Crippen LogP contribution < -0.4 is 11.5 Å². The molecule has 0 fully saturated rings. The average Bonchev–Trinajstić information content (AvgIpc) is 2.54. The number of aromatic hydroxyl groups is 1. The molecule has 2 rings (SSSR count). The Balaban J connectivity index is 2.59. The second-order valence-electron chi connectivity index (χ2n) is 4.49. The largest absolute Gasteiger partial charge is 0.508 e. The number of nitrogen functional groups attached to an aromatic ring is 2. The van der Waals surface area contributed by atoms with Crippen LogP contribution in [0.25, 0.3) is 11.1 Å². The van der Waals surface area contributed by atoms with Gasteiger partial charge in [-0.1, -0.05) is 23.9 Å². The molecule has 0 aliphatic rings. The molecule has 0 unspecified atom stereocenters. The van der Waals surface area contributed by atoms with Crippen LogP contribution in [0.4, 0.5) is 11.5 Å². The van der Waals surface area contributed by atoms with Gasteiger partial charge in [-0.25, -0.2) is 4.98 Å². The highest BCUT2D eigenvalue weighted by Gasteiger charge is 2.19. The van der Waals surface area contributed by atoms with Crippen LogP contribution in [0.15, 0.2) is 29.3 Å². The summed E-state index contributed by atoms with van der Waals surface area (Å²) in [5, 5.41) is 19.4. The lowest BCUT2D eigenvalue weighted by Gasteiger charge is -2.13. The van der Waals surface area contributed by atoms with Crippen molar-refractivity contribution >= 4 is 29.2 Å². The Morgan fingerprint density at radius 2 is 2.22 bits per heavy atom. The Morgan fingerprint density at radius 1 is 1.48 bits per heavy atom. The number of aromatic nitrogens is 1. The van der Waals surface area contributed by atoms with Gasteiger partial charge in [-0.15, -0.1) is 0 Å². The van der Waals surface area contributed by atoms with Crippen molar-refractivity contribution in [2.75, 3.05) is 24.3 Å². The Hall–Kier alpha value is -2.92. The number of nitriles is 1. The number of nitrogens with zero attached hydrogens (tertiary/aromatic N) is 2. The van der Waals surface area contributed by atoms with Gasteiger partial charge in [0, 0.05) is 5.56 Å². The van der Waals surface area contributed by atoms with Crippen LogP contribution in [0.2, 0.25) is 0 Å². The van der Waals surface area contributed by atoms with Gasteiger partial charge in [0.2, 0.25) is 0 Å². The number of ether oxygens (including phenoxy) is 1. The number of carbonyl (C=O) groups excluding carboxylic acids is 1. The van der Waals surface area contributed by atoms with E-state index < -0.39 is 5.97 Å². The number of hydrogen-bond donors (Lipinski definition) is 3. The third kappa shape index (κ3) is 3.46. The predicted molar refractivity (Wildman–Crippen MR) is 87.6 cm³/mol. The summed E-state index contributed by atoms with van der Waals surface area (Å²) in [6.45, 7) is 0. The van der Waals surface area contributed by atoms with Gasteiger partial charge in [0.25, 0.3) is 0 Å². The van der Waals surface area contributed by atoms with Crippen LogP contribution in [-0.2, 0) is 9.53 Å². The van der Waals surface area contributed by atoms with Crippen molar-refractivity contribution < 1.29 is 14.6 Å². The molecule has 1 aromatic carbocycles. The number of phenols is 1. The van der Waals surface area contributed by atoms with E-state index in [0.717, 1.165) is 11.8 Å². The first-order valence-electron chi connectivity index (χ1n) is 6.46. The quantitative estimate of drug-likeness (QED) is 0.570. The molecule has 2 aromatic rings. The van der Waals surface area contributed by atoms with Crippen LogP contribution >= 0.6 is 11.8 Å². The molecule has 0 aliphatic carbocycles. The van der Waals surface area contributed by atoms with Gasteiger partial charge in [0.1, 0.15) is 22.7 Å². The first-order chi connectivity index (χ1) is 11.0. The fraction of sp³-hybridized carbons (Fsp3) is 0.133. The lowest BCUT2D eigenvalue weighted by Crippen LogP contribution is -2.07. The molecule has 0 amide bonds. The second kappa shape index (κ2) is 6.89. The van der Waals surface area contributed by atoms with Crippen molar-refractivity contribution in [2.45, 2.75) is 5.03 Å². The number of pyridine rings is 1. The van der Waals surface area contributed by atoms with E-state index in [1.807, 2.05) is 6.07 Å². The number of benzene rings is 1. The molecule has 5 N–H and O–H groups in total. The molecule has 0 saturated carbocycles. The number of esters is 1. The Labute approximate surface area is 136 Å². The van der Waals surface area contributed by atoms with Crippen LogP contribution in [0.3, 0.4) is 0 Å². The summed E-state index contributed by atoms with van der Waals surface area (Å²) < 4.78 is 4.57. The molecule has 0 spiro atoms. The van der Waals surface area contributed by atoms with Crippen molar-refractivity contribution in [3.8, 4) is 22.9 Å². The molecule has 0 saturated heterocycles. The number of thioether (sulfide) groups is 1. The Morgan fingerprint density at radius 3 is 2.83 bits per heavy atom. The van der Waals surface area contributed by atoms with Crippen molar-refractivity contribution in [1.82, 2.24) is 4.98 Å². The van der Waals surface area contributed by atoms with Gasteiger partial charge < -0.3 is 21.3 Å². The lowest BCUT2D eigenvalue weighted by molar-refractivity contribution is -0.137. The number of phenolic OH excluding ortho intramolecular Hbond substituents is 1. The van der Waals surface area contributed by atoms with Crippen molar-refractivity contribution in [1.29, 1.82) is 5.26 Å². The van der Waals surface area contributed by atoms with E-state index in [0.29, 0.717) is 11.1 Å². The van der Waals surface area contributed by atoms with Crippen molar-refractivity contribution in [3.05, 3.63) is 29.8 Å². The third-order valence-corrected chi connectivity index (χ3v) is 3.98. The van der Waals surface area contributed by atoms with E-state index >= 15 is 0 Å². The average molecular weight is 330 g/mol. The van der Waals surface area contributed by atoms with Gasteiger partial charge in [-0.3, -0.25) is 4.79 Å². The van der Waals surface area contributed by atoms with E-state index in [1.165, 1.54) is 19.2 Å². The van der Waals surface area contributed by atoms with Gasteiger partial charge in [-0.05, 0) is 17.7 Å². The Bertz CT molecular complexity index is 802. The fourth-order valence-electron chi connectivity index (χ4n) is 1.95. The zero-order valence-corrected chi connectivity index (χ0v) is 13.1. The highest BCUT2D eigenvalue weighted by molar-refractivity contribution is 7.99. The summed E-state index contributed by atoms with van der Waals surface area (Å²) in [6, 6.07) is 8.34. The first-order valence-corrected chi connectivity index (χ1v) is 7.44. The molecule has 1 aromatic heterocycles. The molecule has 0 bridgehead atoms. The monoisotopic (exact) mass is 330 g/mol. The number of hydrogen-bond acceptors (Lipinski definition) is 8. The zero-order chi connectivity index (χ0) is 17.0. The summed E-state index contributed by atoms with van der Waals surface area (Å²) in [5.41, 5.74) is 13.0. The van der Waals surface area contributed by atoms with Crippen LogP contribution in [0.5, 0.6) is 5.75 Å². The first kappa shape index (κ1) is 16.5. The molecule has 23 heavy (non-hydrogen) atoms. The van der Waals surface area contributed by atoms with Crippen molar-refractivity contribution in [3.63, 3.8) is 0 Å². The van der Waals surface area contributed by atoms with E-state index in [9.17, 15) is 15.2 Å². The highest BCUT2D eigenvalue weighted by atomic mass is 32.2. The minimum absolute atomic E-state index is 0.0129. The molecule has 0 aliphatic heterocycles. The molecular weight excluding hydrogens is 316 g/mol. The maximum absolute atomic E-state index is 11.3. The molecule has 0 radical (unpaired) electrons. The Kier molecular flexibility index (Phi) is 4.93. The number of anilines is 2. The van der Waals surface area contributed by atoms with Gasteiger partial charge in [0.05, 0.1) is 24.1 Å². The SMILES string of the molecule is COC(=O)CSc1nc(N)c(N)c(-c2cccc(O)c2)c1C#N. The summed E-state index contributed by atoms with van der Waals surface area (Å²) in [7, 11) is 1.27. The second-order valence-corrected chi connectivity index (χ2v) is 5.46. The summed E-state index contributed by atoms with van der Waals surface area (Å²) in [4.78, 5) is 15.4. The van der Waals surface area contributed by atoms with Crippen LogP contribution in [-0.4, -0.2) is 28.9 Å². The number of carbonyl (C=O) groups is 1. The highest BCUT2D eigenvalue weighted by Crippen LogP contribution is 2.38. The van der Waals surface area contributed by atoms with Crippen LogP contribution in [0.1, 0.15) is 5.56 Å². The maximum Gasteiger partial charge on any atom is 0.316 e. The molecule has 8 heteroatoms. The third-order valence-electron chi connectivity index (χ3n) is 3.03. The summed E-state index contributed by atoms with van der Waals surface area (Å²) >= 11 is 1.03. The van der Waals surface area contributed by atoms with E-state index in [4.69, 9.17) is 11.5 Å². The molecule has 7 nitrogen and oxygen atoms in total. The zero-order valence-electron chi connectivity index (χ0n) is 12.2. The van der Waals surface area contributed by atoms with Crippen LogP contribution in [0, 0.1) is 11.3 Å². The normalized spacial score (nSPS) is 10.1. The minimum atomic E-state index is -0.449. The number of rotatable bonds is 4. The van der Waals surface area contributed by atoms with Gasteiger partial charge >= 0.3 is 5.97 Å². The minimum Gasteiger partial charge on any atom is -0.508 e. The predicted octanol–water partition coefficient (Wildman–Crippen LogP) is 1.76. The molecular formula is C15H14N4O3S. The number of nitrogens with two attached hydrogens (primary N) is 2. The van der Waals surface area contributed by atoms with E-state index in [-0.39, 0.29) is 33.6 Å². The summed E-state index contributed by atoms with van der Waals surface area (Å²) in [5.74, 6) is -0.379. The molecule has 0 atom stereocenters. The van der Waals surface area contributed by atoms with E-state index in [1.54, 1.807) is 12.1 Å². The fourth-order valence-corrected chi connectivity index (χ4v) is 2.78. The summed E-state index contributed by atoms with van der Waals surface area (Å²) in [6.07, 6.45) is 0. The maximum atomic E-state index is 11.3. The van der Waals surface area contributed by atoms with Crippen molar-refractivity contribution in [2.24, 2.45) is 0 Å². The molecule has 1 heterocycles. The number of methoxy groups -OCH3 is 1. The van der Waals surface area contributed by atoms with Gasteiger partial charge in [0.15, 0.2) is 0 Å². The van der Waals surface area contributed by atoms with Gasteiger partial charge in [-0.2, -0.15) is 5.26 Å². The smallest absolute Gasteiger partial charge is 0.316 e. The molecule has 118 valence electrons. The standard InChI is InChI=1S/C15H14N4O3S/c1-22-11(21)7-23-15-10(6-16)12(13(17)14(18)19-15)8-3-2-4-9(20)5-8/h2-5,20H,7,17H2,1H3,(H2,18,19).